The van der Waals surface area contributed by atoms with Crippen molar-refractivity contribution in [3.63, 3.8) is 0 Å². The van der Waals surface area contributed by atoms with Gasteiger partial charge in [-0.1, -0.05) is 11.6 Å². The van der Waals surface area contributed by atoms with Gasteiger partial charge in [0.2, 0.25) is 0 Å². The lowest BCUT2D eigenvalue weighted by molar-refractivity contribution is 0.812. The Bertz CT molecular complexity index is 383. The number of amidine groups is 1. The van der Waals surface area contributed by atoms with Gasteiger partial charge in [0.15, 0.2) is 0 Å². The molecule has 0 radical (unpaired) electrons. The summed E-state index contributed by atoms with van der Waals surface area (Å²) in [5.74, 6) is 1.01. The molecule has 4 nitrogen and oxygen atoms in total. The summed E-state index contributed by atoms with van der Waals surface area (Å²) in [7, 11) is 0. The van der Waals surface area contributed by atoms with Crippen LogP contribution in [0.4, 0.5) is 5.82 Å². The summed E-state index contributed by atoms with van der Waals surface area (Å²) < 4.78 is 0.852. The maximum Gasteiger partial charge on any atom is 0.142 e. The van der Waals surface area contributed by atoms with Crippen LogP contribution in [0, 0.1) is 5.41 Å². The molecule has 0 unspecified atom stereocenters. The lowest BCUT2D eigenvalue weighted by atomic mass is 10.3. The molecular weight excluding hydrogens is 291 g/mol. The minimum absolute atomic E-state index is 0.184. The van der Waals surface area contributed by atoms with Gasteiger partial charge < -0.3 is 10.6 Å². The second-order valence-electron chi connectivity index (χ2n) is 3.31. The van der Waals surface area contributed by atoms with E-state index in [1.54, 1.807) is 12.3 Å². The molecule has 1 aromatic heterocycles. The summed E-state index contributed by atoms with van der Waals surface area (Å²) in [6.45, 7) is 3.52. The number of hydrogen-bond donors (Lipinski definition) is 2. The summed E-state index contributed by atoms with van der Waals surface area (Å²) >= 11 is 9.25. The van der Waals surface area contributed by atoms with Gasteiger partial charge in [0, 0.05) is 25.7 Å². The predicted molar refractivity (Wildman–Crippen MR) is 71.4 cm³/mol. The second kappa shape index (κ2) is 6.06. The summed E-state index contributed by atoms with van der Waals surface area (Å²) in [6.07, 6.45) is 2.14. The largest absolute Gasteiger partial charge is 0.388 e. The van der Waals surface area contributed by atoms with Crippen molar-refractivity contribution in [2.45, 2.75) is 13.3 Å². The van der Waals surface area contributed by atoms with Gasteiger partial charge in [-0.2, -0.15) is 0 Å². The Morgan fingerprint density at radius 3 is 2.88 bits per heavy atom. The Balaban J connectivity index is 2.82. The second-order valence-corrected chi connectivity index (χ2v) is 4.60. The molecule has 0 aliphatic heterocycles. The zero-order valence-electron chi connectivity index (χ0n) is 9.00. The van der Waals surface area contributed by atoms with Gasteiger partial charge in [-0.3, -0.25) is 5.41 Å². The normalized spacial score (nSPS) is 10.2. The molecule has 1 aromatic rings. The summed E-state index contributed by atoms with van der Waals surface area (Å²) in [5.41, 5.74) is 5.34. The van der Waals surface area contributed by atoms with Crippen LogP contribution in [0.2, 0.25) is 5.02 Å². The third-order valence-electron chi connectivity index (χ3n) is 2.12. The number of nitrogens with one attached hydrogen (secondary N) is 1. The number of anilines is 1. The molecule has 0 amide bonds. The molecule has 0 bridgehead atoms. The standard InChI is InChI=1S/C10H14BrClN4/c1-2-16(4-3-9(13)14)10-8(11)5-7(12)6-15-10/h5-6H,2-4H2,1H3,(H3,13,14). The summed E-state index contributed by atoms with van der Waals surface area (Å²) in [4.78, 5) is 6.31. The van der Waals surface area contributed by atoms with Crippen LogP contribution in [0.3, 0.4) is 0 Å². The van der Waals surface area contributed by atoms with Gasteiger partial charge >= 0.3 is 0 Å². The zero-order chi connectivity index (χ0) is 12.1. The Labute approximate surface area is 108 Å². The smallest absolute Gasteiger partial charge is 0.142 e. The van der Waals surface area contributed by atoms with Crippen LogP contribution < -0.4 is 10.6 Å². The van der Waals surface area contributed by atoms with Gasteiger partial charge in [0.25, 0.3) is 0 Å². The minimum Gasteiger partial charge on any atom is -0.388 e. The van der Waals surface area contributed by atoms with E-state index in [0.717, 1.165) is 16.8 Å². The highest BCUT2D eigenvalue weighted by atomic mass is 79.9. The number of nitrogens with two attached hydrogens (primary N) is 1. The molecular formula is C10H14BrClN4. The third kappa shape index (κ3) is 3.64. The summed E-state index contributed by atoms with van der Waals surface area (Å²) in [5, 5.41) is 7.81. The van der Waals surface area contributed by atoms with Crippen LogP contribution in [-0.2, 0) is 0 Å². The molecule has 6 heteroatoms. The molecule has 0 aliphatic rings. The fourth-order valence-corrected chi connectivity index (χ4v) is 2.20. The number of pyridine rings is 1. The predicted octanol–water partition coefficient (Wildman–Crippen LogP) is 2.65. The van der Waals surface area contributed by atoms with Gasteiger partial charge in [0.1, 0.15) is 5.82 Å². The van der Waals surface area contributed by atoms with Crippen LogP contribution in [0.5, 0.6) is 0 Å². The Morgan fingerprint density at radius 2 is 2.38 bits per heavy atom. The van der Waals surface area contributed by atoms with E-state index >= 15 is 0 Å². The van der Waals surface area contributed by atoms with Crippen molar-refractivity contribution in [1.82, 2.24) is 4.98 Å². The first-order valence-corrected chi connectivity index (χ1v) is 6.10. The van der Waals surface area contributed by atoms with Crippen molar-refractivity contribution in [3.8, 4) is 0 Å². The number of hydrogen-bond acceptors (Lipinski definition) is 3. The Morgan fingerprint density at radius 1 is 1.69 bits per heavy atom. The van der Waals surface area contributed by atoms with Crippen molar-refractivity contribution in [2.24, 2.45) is 5.73 Å². The molecule has 16 heavy (non-hydrogen) atoms. The number of halogens is 2. The van der Waals surface area contributed by atoms with Crippen LogP contribution in [0.25, 0.3) is 0 Å². The fraction of sp³-hybridized carbons (Fsp3) is 0.400. The van der Waals surface area contributed by atoms with Gasteiger partial charge in [-0.05, 0) is 28.9 Å². The van der Waals surface area contributed by atoms with Crippen molar-refractivity contribution < 1.29 is 0 Å². The van der Waals surface area contributed by atoms with E-state index in [0.29, 0.717) is 18.0 Å². The van der Waals surface area contributed by atoms with E-state index in [1.807, 2.05) is 11.8 Å². The highest BCUT2D eigenvalue weighted by Crippen LogP contribution is 2.26. The quantitative estimate of drug-likeness (QED) is 0.649. The van der Waals surface area contributed by atoms with Crippen LogP contribution in [0.1, 0.15) is 13.3 Å². The first kappa shape index (κ1) is 13.3. The Hall–Kier alpha value is -0.810. The van der Waals surface area contributed by atoms with Crippen molar-refractivity contribution in [2.75, 3.05) is 18.0 Å². The maximum atomic E-state index is 7.21. The van der Waals surface area contributed by atoms with Gasteiger partial charge in [-0.15, -0.1) is 0 Å². The SMILES string of the molecule is CCN(CCC(=N)N)c1ncc(Cl)cc1Br. The molecule has 0 atom stereocenters. The van der Waals surface area contributed by atoms with E-state index in [-0.39, 0.29) is 5.84 Å². The van der Waals surface area contributed by atoms with E-state index in [2.05, 4.69) is 20.9 Å². The molecule has 0 aromatic carbocycles. The molecule has 1 rings (SSSR count). The minimum atomic E-state index is 0.184. The first-order chi connectivity index (χ1) is 7.54. The van der Waals surface area contributed by atoms with E-state index in [9.17, 15) is 0 Å². The summed E-state index contributed by atoms with van der Waals surface area (Å²) in [6, 6.07) is 1.81. The van der Waals surface area contributed by atoms with Crippen molar-refractivity contribution in [1.29, 1.82) is 5.41 Å². The van der Waals surface area contributed by atoms with E-state index < -0.39 is 0 Å². The maximum absolute atomic E-state index is 7.21. The Kier molecular flexibility index (Phi) is 5.02. The number of rotatable bonds is 5. The highest BCUT2D eigenvalue weighted by Gasteiger charge is 2.10. The van der Waals surface area contributed by atoms with Crippen molar-refractivity contribution in [3.05, 3.63) is 21.8 Å². The molecule has 0 aliphatic carbocycles. The fourth-order valence-electron chi connectivity index (χ4n) is 1.31. The average Bonchev–Trinajstić information content (AvgIpc) is 2.21. The highest BCUT2D eigenvalue weighted by molar-refractivity contribution is 9.10. The van der Waals surface area contributed by atoms with E-state index in [1.165, 1.54) is 0 Å². The monoisotopic (exact) mass is 304 g/mol. The van der Waals surface area contributed by atoms with Crippen LogP contribution in [-0.4, -0.2) is 23.9 Å². The topological polar surface area (TPSA) is 66.0 Å². The molecule has 3 N–H and O–H groups in total. The molecule has 88 valence electrons. The average molecular weight is 306 g/mol. The molecule has 1 heterocycles. The van der Waals surface area contributed by atoms with E-state index in [4.69, 9.17) is 22.7 Å². The lowest BCUT2D eigenvalue weighted by Crippen LogP contribution is -2.28. The third-order valence-corrected chi connectivity index (χ3v) is 2.91. The van der Waals surface area contributed by atoms with Gasteiger partial charge in [0.05, 0.1) is 15.3 Å². The van der Waals surface area contributed by atoms with Crippen LogP contribution >= 0.6 is 27.5 Å². The van der Waals surface area contributed by atoms with Crippen LogP contribution in [0.15, 0.2) is 16.7 Å². The van der Waals surface area contributed by atoms with Gasteiger partial charge in [-0.25, -0.2) is 4.98 Å². The first-order valence-electron chi connectivity index (χ1n) is 4.93. The van der Waals surface area contributed by atoms with Crippen molar-refractivity contribution >= 4 is 39.2 Å². The molecule has 0 spiro atoms. The molecule has 0 saturated heterocycles. The lowest BCUT2D eigenvalue weighted by Gasteiger charge is -2.22. The molecule has 0 saturated carbocycles. The number of nitrogens with zero attached hydrogens (tertiary/aromatic N) is 2. The zero-order valence-corrected chi connectivity index (χ0v) is 11.3. The number of aromatic nitrogens is 1. The molecule has 0 fully saturated rings.